The molecule has 2 heterocycles. The molecule has 0 aliphatic rings. The van der Waals surface area contributed by atoms with Crippen LogP contribution in [0.5, 0.6) is 17.4 Å². The van der Waals surface area contributed by atoms with Gasteiger partial charge in [0, 0.05) is 30.2 Å². The zero-order valence-electron chi connectivity index (χ0n) is 17.8. The summed E-state index contributed by atoms with van der Waals surface area (Å²) in [4.78, 5) is 10.4. The van der Waals surface area contributed by atoms with Gasteiger partial charge in [-0.15, -0.1) is 35.3 Å². The van der Waals surface area contributed by atoms with E-state index in [1.165, 1.54) is 4.88 Å². The van der Waals surface area contributed by atoms with Crippen LogP contribution in [-0.2, 0) is 13.0 Å². The maximum Gasteiger partial charge on any atom is 0.219 e. The fourth-order valence-electron chi connectivity index (χ4n) is 2.76. The average molecular weight is 552 g/mol. The lowest BCUT2D eigenvalue weighted by Crippen LogP contribution is -2.38. The lowest BCUT2D eigenvalue weighted by molar-refractivity contribution is 0.319. The molecule has 1 aromatic carbocycles. The highest BCUT2D eigenvalue weighted by atomic mass is 127. The van der Waals surface area contributed by atoms with E-state index in [1.54, 1.807) is 17.5 Å². The molecule has 0 aliphatic carbocycles. The van der Waals surface area contributed by atoms with Gasteiger partial charge in [-0.2, -0.15) is 0 Å². The SMILES string of the molecule is CCNC(=NCc1ccc(Oc2ccccc2OCC)nc1)NCCc1cccs1.I. The minimum atomic E-state index is 0. The van der Waals surface area contributed by atoms with Crippen LogP contribution in [0.2, 0.25) is 0 Å². The van der Waals surface area contributed by atoms with Crippen molar-refractivity contribution >= 4 is 41.3 Å². The molecular weight excluding hydrogens is 523 g/mol. The zero-order chi connectivity index (χ0) is 21.0. The molecule has 0 saturated carbocycles. The number of benzene rings is 1. The largest absolute Gasteiger partial charge is 0.490 e. The Kier molecular flexibility index (Phi) is 11.2. The second-order valence-electron chi connectivity index (χ2n) is 6.44. The molecule has 0 radical (unpaired) electrons. The van der Waals surface area contributed by atoms with Crippen molar-refractivity contribution in [3.63, 3.8) is 0 Å². The summed E-state index contributed by atoms with van der Waals surface area (Å²) in [6.45, 7) is 6.79. The van der Waals surface area contributed by atoms with Crippen LogP contribution in [0.25, 0.3) is 0 Å². The van der Waals surface area contributed by atoms with Gasteiger partial charge in [0.1, 0.15) is 0 Å². The van der Waals surface area contributed by atoms with Crippen molar-refractivity contribution in [2.75, 3.05) is 19.7 Å². The smallest absolute Gasteiger partial charge is 0.219 e. The number of rotatable bonds is 10. The normalized spacial score (nSPS) is 10.8. The minimum Gasteiger partial charge on any atom is -0.490 e. The number of hydrogen-bond acceptors (Lipinski definition) is 5. The molecule has 3 aromatic rings. The number of nitrogens with zero attached hydrogens (tertiary/aromatic N) is 2. The Balaban J connectivity index is 0.00000341. The third-order valence-corrected chi connectivity index (χ3v) is 5.11. The van der Waals surface area contributed by atoms with Gasteiger partial charge in [-0.25, -0.2) is 9.98 Å². The number of nitrogens with one attached hydrogen (secondary N) is 2. The molecule has 0 bridgehead atoms. The van der Waals surface area contributed by atoms with Crippen LogP contribution in [0.3, 0.4) is 0 Å². The van der Waals surface area contributed by atoms with E-state index >= 15 is 0 Å². The fraction of sp³-hybridized carbons (Fsp3) is 0.304. The number of hydrogen-bond donors (Lipinski definition) is 2. The van der Waals surface area contributed by atoms with E-state index in [9.17, 15) is 0 Å². The summed E-state index contributed by atoms with van der Waals surface area (Å²) in [5.41, 5.74) is 1.01. The molecule has 31 heavy (non-hydrogen) atoms. The van der Waals surface area contributed by atoms with Crippen molar-refractivity contribution in [1.82, 2.24) is 15.6 Å². The van der Waals surface area contributed by atoms with Gasteiger partial charge in [-0.3, -0.25) is 0 Å². The maximum atomic E-state index is 5.87. The Morgan fingerprint density at radius 1 is 1.03 bits per heavy atom. The summed E-state index contributed by atoms with van der Waals surface area (Å²) in [7, 11) is 0. The first-order chi connectivity index (χ1) is 14.8. The van der Waals surface area contributed by atoms with Crippen molar-refractivity contribution in [2.24, 2.45) is 4.99 Å². The lowest BCUT2D eigenvalue weighted by atomic mass is 10.3. The highest BCUT2D eigenvalue weighted by Gasteiger charge is 2.06. The lowest BCUT2D eigenvalue weighted by Gasteiger charge is -2.11. The summed E-state index contributed by atoms with van der Waals surface area (Å²) in [5.74, 6) is 2.69. The second kappa shape index (κ2) is 13.9. The van der Waals surface area contributed by atoms with Crippen molar-refractivity contribution in [3.8, 4) is 17.4 Å². The van der Waals surface area contributed by atoms with E-state index in [0.29, 0.717) is 30.5 Å². The van der Waals surface area contributed by atoms with E-state index < -0.39 is 0 Å². The van der Waals surface area contributed by atoms with E-state index in [-0.39, 0.29) is 24.0 Å². The third-order valence-electron chi connectivity index (χ3n) is 4.17. The predicted octanol–water partition coefficient (Wildman–Crippen LogP) is 5.25. The van der Waals surface area contributed by atoms with Crippen LogP contribution in [0, 0.1) is 0 Å². The number of aromatic nitrogens is 1. The Morgan fingerprint density at radius 2 is 1.87 bits per heavy atom. The van der Waals surface area contributed by atoms with E-state index in [2.05, 4.69) is 45.0 Å². The molecule has 6 nitrogen and oxygen atoms in total. The molecular formula is C23H29IN4O2S. The number of para-hydroxylation sites is 2. The Hall–Kier alpha value is -2.33. The maximum absolute atomic E-state index is 5.87. The third kappa shape index (κ3) is 8.37. The van der Waals surface area contributed by atoms with Gasteiger partial charge in [0.25, 0.3) is 0 Å². The number of thiophene rings is 1. The molecule has 2 aromatic heterocycles. The highest BCUT2D eigenvalue weighted by Crippen LogP contribution is 2.30. The van der Waals surface area contributed by atoms with Crippen molar-refractivity contribution < 1.29 is 9.47 Å². The topological polar surface area (TPSA) is 67.8 Å². The van der Waals surface area contributed by atoms with Gasteiger partial charge in [-0.1, -0.05) is 24.3 Å². The number of aliphatic imine (C=N–C) groups is 1. The van der Waals surface area contributed by atoms with Gasteiger partial charge in [0.2, 0.25) is 5.88 Å². The summed E-state index contributed by atoms with van der Waals surface area (Å²) in [5, 5.41) is 8.76. The Bertz CT molecular complexity index is 918. The highest BCUT2D eigenvalue weighted by molar-refractivity contribution is 14.0. The summed E-state index contributed by atoms with van der Waals surface area (Å²) >= 11 is 1.78. The van der Waals surface area contributed by atoms with Crippen LogP contribution < -0.4 is 20.1 Å². The van der Waals surface area contributed by atoms with Crippen molar-refractivity contribution in [1.29, 1.82) is 0 Å². The van der Waals surface area contributed by atoms with Crippen LogP contribution in [0.1, 0.15) is 24.3 Å². The fourth-order valence-corrected chi connectivity index (χ4v) is 3.47. The summed E-state index contributed by atoms with van der Waals surface area (Å²) < 4.78 is 11.5. The molecule has 0 fully saturated rings. The number of ether oxygens (including phenoxy) is 2. The second-order valence-corrected chi connectivity index (χ2v) is 7.47. The van der Waals surface area contributed by atoms with Crippen molar-refractivity contribution in [2.45, 2.75) is 26.8 Å². The Morgan fingerprint density at radius 3 is 2.55 bits per heavy atom. The molecule has 0 spiro atoms. The number of guanidine groups is 1. The molecule has 166 valence electrons. The molecule has 0 atom stereocenters. The first kappa shape index (κ1) is 24.9. The first-order valence-electron chi connectivity index (χ1n) is 10.2. The zero-order valence-corrected chi connectivity index (χ0v) is 21.0. The first-order valence-corrected chi connectivity index (χ1v) is 11.1. The molecule has 2 N–H and O–H groups in total. The average Bonchev–Trinajstić information content (AvgIpc) is 3.28. The molecule has 0 unspecified atom stereocenters. The van der Waals surface area contributed by atoms with Crippen LogP contribution in [0.4, 0.5) is 0 Å². The quantitative estimate of drug-likeness (QED) is 0.204. The van der Waals surface area contributed by atoms with E-state index in [1.807, 2.05) is 43.3 Å². The predicted molar refractivity (Wildman–Crippen MR) is 138 cm³/mol. The van der Waals surface area contributed by atoms with Crippen LogP contribution in [-0.4, -0.2) is 30.6 Å². The van der Waals surface area contributed by atoms with Gasteiger partial charge in [0.15, 0.2) is 17.5 Å². The molecule has 3 rings (SSSR count). The Labute approximate surface area is 205 Å². The van der Waals surface area contributed by atoms with Gasteiger partial charge < -0.3 is 20.1 Å². The van der Waals surface area contributed by atoms with Crippen molar-refractivity contribution in [3.05, 3.63) is 70.5 Å². The van der Waals surface area contributed by atoms with E-state index in [0.717, 1.165) is 31.0 Å². The van der Waals surface area contributed by atoms with Gasteiger partial charge >= 0.3 is 0 Å². The summed E-state index contributed by atoms with van der Waals surface area (Å²) in [6.07, 6.45) is 2.77. The van der Waals surface area contributed by atoms with E-state index in [4.69, 9.17) is 9.47 Å². The molecule has 0 amide bonds. The molecule has 8 heteroatoms. The monoisotopic (exact) mass is 552 g/mol. The van der Waals surface area contributed by atoms with Gasteiger partial charge in [-0.05, 0) is 49.4 Å². The standard InChI is InChI=1S/C23H28N4O2S.HI/c1-3-24-23(25-14-13-19-8-7-15-30-19)27-17-18-11-12-22(26-16-18)29-21-10-6-5-9-20(21)28-4-2;/h5-12,15-16H,3-4,13-14,17H2,1-2H3,(H2,24,25,27);1H. The van der Waals surface area contributed by atoms with Crippen LogP contribution >= 0.6 is 35.3 Å². The number of pyridine rings is 1. The molecule has 0 saturated heterocycles. The molecule has 0 aliphatic heterocycles. The minimum absolute atomic E-state index is 0. The van der Waals surface area contributed by atoms with Gasteiger partial charge in [0.05, 0.1) is 13.2 Å². The summed E-state index contributed by atoms with van der Waals surface area (Å²) in [6, 6.07) is 15.6. The number of halogens is 1. The van der Waals surface area contributed by atoms with Crippen LogP contribution in [0.15, 0.2) is 65.1 Å².